The van der Waals surface area contributed by atoms with Crippen molar-refractivity contribution >= 4 is 31.4 Å². The number of nitrogen functional groups attached to an aromatic ring is 1. The number of carbonyl (C=O) groups is 1. The highest BCUT2D eigenvalue weighted by atomic mass is 32.2. The highest BCUT2D eigenvalue weighted by Crippen LogP contribution is 2.60. The first kappa shape index (κ1) is 23.2. The SMILES string of the molecule is CC(C)OC(=O)[C@H](C)CCOP1(=O)OC[C@H]2S[C@@H](n3ccc(N)nc3=O)[C@@H](F)C2O1. The molecule has 0 saturated carbocycles. The fourth-order valence-electron chi connectivity index (χ4n) is 3.02. The Morgan fingerprint density at radius 3 is 2.90 bits per heavy atom. The third-order valence-electron chi connectivity index (χ3n) is 4.59. The minimum atomic E-state index is -4.00. The Kier molecular flexibility index (Phi) is 7.24. The number of thioether (sulfide) groups is 1. The van der Waals surface area contributed by atoms with E-state index in [1.165, 1.54) is 12.3 Å². The van der Waals surface area contributed by atoms with Crippen molar-refractivity contribution in [3.8, 4) is 0 Å². The molecule has 10 nitrogen and oxygen atoms in total. The number of fused-ring (bicyclic) bond motifs is 1. The van der Waals surface area contributed by atoms with Crippen LogP contribution < -0.4 is 11.4 Å². The average Bonchev–Trinajstić information content (AvgIpc) is 2.97. The van der Waals surface area contributed by atoms with Crippen LogP contribution in [0.15, 0.2) is 17.1 Å². The van der Waals surface area contributed by atoms with Gasteiger partial charge in [0.15, 0.2) is 6.17 Å². The van der Waals surface area contributed by atoms with E-state index in [1.807, 2.05) is 0 Å². The molecular weight excluding hydrogens is 440 g/mol. The Hall–Kier alpha value is -1.46. The summed E-state index contributed by atoms with van der Waals surface area (Å²) in [6, 6.07) is 1.40. The number of phosphoric ester groups is 1. The molecule has 168 valence electrons. The first-order valence-electron chi connectivity index (χ1n) is 9.52. The van der Waals surface area contributed by atoms with Crippen LogP contribution in [0.3, 0.4) is 0 Å². The first-order valence-corrected chi connectivity index (χ1v) is 11.9. The summed E-state index contributed by atoms with van der Waals surface area (Å²) in [7, 11) is -4.00. The van der Waals surface area contributed by atoms with Crippen molar-refractivity contribution in [3.63, 3.8) is 0 Å². The molecule has 13 heteroatoms. The van der Waals surface area contributed by atoms with Gasteiger partial charge in [-0.25, -0.2) is 13.8 Å². The van der Waals surface area contributed by atoms with Gasteiger partial charge < -0.3 is 10.5 Å². The molecule has 0 radical (unpaired) electrons. The maximum Gasteiger partial charge on any atom is 0.475 e. The van der Waals surface area contributed by atoms with Crippen LogP contribution in [-0.2, 0) is 27.7 Å². The van der Waals surface area contributed by atoms with Crippen LogP contribution in [0.25, 0.3) is 0 Å². The number of anilines is 1. The van der Waals surface area contributed by atoms with Crippen molar-refractivity contribution in [3.05, 3.63) is 22.7 Å². The van der Waals surface area contributed by atoms with Crippen LogP contribution in [0.5, 0.6) is 0 Å². The fourth-order valence-corrected chi connectivity index (χ4v) is 6.09. The lowest BCUT2D eigenvalue weighted by atomic mass is 10.1. The number of esters is 1. The van der Waals surface area contributed by atoms with Gasteiger partial charge in [0, 0.05) is 6.20 Å². The van der Waals surface area contributed by atoms with E-state index in [9.17, 15) is 14.2 Å². The predicted molar refractivity (Wildman–Crippen MR) is 108 cm³/mol. The maximum atomic E-state index is 15.1. The van der Waals surface area contributed by atoms with Crippen LogP contribution in [0.1, 0.15) is 32.6 Å². The lowest BCUT2D eigenvalue weighted by Gasteiger charge is -2.31. The second-order valence-corrected chi connectivity index (χ2v) is 10.4. The van der Waals surface area contributed by atoms with E-state index in [2.05, 4.69) is 4.98 Å². The predicted octanol–water partition coefficient (Wildman–Crippen LogP) is 2.30. The summed E-state index contributed by atoms with van der Waals surface area (Å²) < 4.78 is 49.9. The highest BCUT2D eigenvalue weighted by molar-refractivity contribution is 8.00. The molecule has 2 unspecified atom stereocenters. The Morgan fingerprint density at radius 2 is 2.23 bits per heavy atom. The molecular formula is C17H25FN3O7PS. The highest BCUT2D eigenvalue weighted by Gasteiger charge is 2.54. The van der Waals surface area contributed by atoms with Crippen molar-refractivity contribution in [2.45, 2.75) is 56.2 Å². The zero-order chi connectivity index (χ0) is 22.1. The van der Waals surface area contributed by atoms with Crippen LogP contribution in [-0.4, -0.2) is 52.4 Å². The number of hydrogen-bond donors (Lipinski definition) is 1. The van der Waals surface area contributed by atoms with E-state index in [0.29, 0.717) is 0 Å². The third-order valence-corrected chi connectivity index (χ3v) is 7.58. The number of carbonyl (C=O) groups excluding carboxylic acids is 1. The van der Waals surface area contributed by atoms with Gasteiger partial charge in [-0.05, 0) is 26.3 Å². The van der Waals surface area contributed by atoms with Gasteiger partial charge in [0.2, 0.25) is 0 Å². The van der Waals surface area contributed by atoms with Gasteiger partial charge in [-0.3, -0.25) is 22.9 Å². The summed E-state index contributed by atoms with van der Waals surface area (Å²) in [5, 5.41) is -1.39. The van der Waals surface area contributed by atoms with Gasteiger partial charge in [-0.15, -0.1) is 11.8 Å². The van der Waals surface area contributed by atoms with E-state index in [1.54, 1.807) is 20.8 Å². The Balaban J connectivity index is 1.58. The first-order chi connectivity index (χ1) is 14.1. The molecule has 3 heterocycles. The molecule has 0 aliphatic carbocycles. The normalized spacial score (nSPS) is 32.0. The largest absolute Gasteiger partial charge is 0.475 e. The zero-order valence-electron chi connectivity index (χ0n) is 16.8. The molecule has 0 bridgehead atoms. The number of halogens is 1. The summed E-state index contributed by atoms with van der Waals surface area (Å²) >= 11 is 1.13. The molecule has 2 aliphatic heterocycles. The lowest BCUT2D eigenvalue weighted by Crippen LogP contribution is -2.38. The molecule has 30 heavy (non-hydrogen) atoms. The van der Waals surface area contributed by atoms with E-state index in [0.717, 1.165) is 16.3 Å². The van der Waals surface area contributed by atoms with Crippen molar-refractivity contribution in [2.24, 2.45) is 5.92 Å². The average molecular weight is 465 g/mol. The van der Waals surface area contributed by atoms with Gasteiger partial charge >= 0.3 is 19.5 Å². The minimum absolute atomic E-state index is 0.0380. The lowest BCUT2D eigenvalue weighted by molar-refractivity contribution is -0.152. The molecule has 1 aromatic heterocycles. The number of phosphoric acid groups is 1. The van der Waals surface area contributed by atoms with Crippen LogP contribution in [0.2, 0.25) is 0 Å². The smallest absolute Gasteiger partial charge is 0.463 e. The summed E-state index contributed by atoms with van der Waals surface area (Å²) in [5.74, 6) is -0.823. The standard InChI is InChI=1S/C17H25FN3O7PS/c1-9(2)27-16(22)10(3)5-7-25-29(24)26-8-11-14(28-29)13(18)15(30-11)21-6-4-12(19)20-17(21)23/h4,6,9-11,13-15H,5,7-8H2,1-3H3,(H2,19,20,23)/t10-,11-,13+,14?,15-,29?/m1/s1. The van der Waals surface area contributed by atoms with E-state index < -0.39 is 42.3 Å². The van der Waals surface area contributed by atoms with Gasteiger partial charge in [-0.1, -0.05) is 6.92 Å². The van der Waals surface area contributed by atoms with Crippen molar-refractivity contribution in [2.75, 3.05) is 18.9 Å². The molecule has 0 aromatic carbocycles. The fraction of sp³-hybridized carbons (Fsp3) is 0.706. The molecule has 0 spiro atoms. The van der Waals surface area contributed by atoms with Gasteiger partial charge in [0.25, 0.3) is 0 Å². The number of nitrogens with two attached hydrogens (primary N) is 1. The minimum Gasteiger partial charge on any atom is -0.463 e. The number of rotatable bonds is 7. The van der Waals surface area contributed by atoms with Gasteiger partial charge in [0.05, 0.1) is 30.5 Å². The van der Waals surface area contributed by atoms with E-state index >= 15 is 4.39 Å². The number of hydrogen-bond acceptors (Lipinski definition) is 10. The Bertz CT molecular complexity index is 885. The zero-order valence-corrected chi connectivity index (χ0v) is 18.5. The molecule has 1 aromatic rings. The molecule has 6 atom stereocenters. The van der Waals surface area contributed by atoms with Crippen molar-refractivity contribution < 1.29 is 32.1 Å². The monoisotopic (exact) mass is 465 g/mol. The number of alkyl halides is 1. The summed E-state index contributed by atoms with van der Waals surface area (Å²) in [4.78, 5) is 27.5. The van der Waals surface area contributed by atoms with Gasteiger partial charge in [-0.2, -0.15) is 4.98 Å². The van der Waals surface area contributed by atoms with E-state index in [-0.39, 0.29) is 37.5 Å². The molecule has 2 fully saturated rings. The maximum absolute atomic E-state index is 15.1. The molecule has 0 amide bonds. The number of nitrogens with zero attached hydrogens (tertiary/aromatic N) is 2. The number of ether oxygens (including phenoxy) is 1. The van der Waals surface area contributed by atoms with Crippen molar-refractivity contribution in [1.29, 1.82) is 0 Å². The number of aromatic nitrogens is 2. The Labute approximate surface area is 177 Å². The summed E-state index contributed by atoms with van der Waals surface area (Å²) in [5.41, 5.74) is 4.79. The molecule has 2 N–H and O–H groups in total. The molecule has 2 aliphatic rings. The third kappa shape index (κ3) is 5.23. The topological polar surface area (TPSA) is 132 Å². The van der Waals surface area contributed by atoms with Crippen molar-refractivity contribution in [1.82, 2.24) is 9.55 Å². The molecule has 2 saturated heterocycles. The quantitative estimate of drug-likeness (QED) is 0.472. The Morgan fingerprint density at radius 1 is 1.50 bits per heavy atom. The van der Waals surface area contributed by atoms with E-state index in [4.69, 9.17) is 24.0 Å². The van der Waals surface area contributed by atoms with Gasteiger partial charge in [0.1, 0.15) is 17.3 Å². The van der Waals surface area contributed by atoms with Crippen LogP contribution in [0.4, 0.5) is 10.2 Å². The summed E-state index contributed by atoms with van der Waals surface area (Å²) in [6.07, 6.45) is -1.35. The second-order valence-electron chi connectivity index (χ2n) is 7.37. The second kappa shape index (κ2) is 9.35. The summed E-state index contributed by atoms with van der Waals surface area (Å²) in [6.45, 7) is 5.00. The van der Waals surface area contributed by atoms with Crippen LogP contribution in [0, 0.1) is 5.92 Å². The molecule has 3 rings (SSSR count). The van der Waals surface area contributed by atoms with Crippen LogP contribution >= 0.6 is 19.6 Å².